The second-order valence-corrected chi connectivity index (χ2v) is 7.76. The van der Waals surface area contributed by atoms with Crippen molar-refractivity contribution < 1.29 is 17.9 Å². The van der Waals surface area contributed by atoms with Crippen LogP contribution in [0, 0.1) is 0 Å². The summed E-state index contributed by atoms with van der Waals surface area (Å²) in [6, 6.07) is 16.7. The molecule has 0 fully saturated rings. The van der Waals surface area contributed by atoms with Gasteiger partial charge in [-0.05, 0) is 17.7 Å². The molecule has 27 heavy (non-hydrogen) atoms. The van der Waals surface area contributed by atoms with Gasteiger partial charge in [-0.3, -0.25) is 9.48 Å². The van der Waals surface area contributed by atoms with Crippen LogP contribution in [0.25, 0.3) is 11.3 Å². The van der Waals surface area contributed by atoms with E-state index in [1.165, 1.54) is 0 Å². The van der Waals surface area contributed by atoms with Crippen LogP contribution in [-0.2, 0) is 16.6 Å². The van der Waals surface area contributed by atoms with E-state index in [9.17, 15) is 13.2 Å². The molecule has 0 saturated carbocycles. The average Bonchev–Trinajstić information content (AvgIpc) is 3.05. The lowest BCUT2D eigenvalue weighted by Crippen LogP contribution is -2.29. The van der Waals surface area contributed by atoms with Gasteiger partial charge in [0, 0.05) is 11.8 Å². The van der Waals surface area contributed by atoms with Crippen molar-refractivity contribution in [2.75, 3.05) is 13.4 Å². The predicted octanol–water partition coefficient (Wildman–Crippen LogP) is 2.30. The molecule has 1 N–H and O–H groups in total. The van der Waals surface area contributed by atoms with E-state index in [-0.39, 0.29) is 5.56 Å². The number of aromatic nitrogens is 2. The molecule has 0 saturated heterocycles. The zero-order valence-electron chi connectivity index (χ0n) is 14.9. The minimum absolute atomic E-state index is 0.171. The molecule has 8 heteroatoms. The molecule has 0 aliphatic rings. The van der Waals surface area contributed by atoms with Gasteiger partial charge in [0.25, 0.3) is 5.91 Å². The Bertz CT molecular complexity index is 1060. The van der Waals surface area contributed by atoms with Crippen LogP contribution < -0.4 is 9.46 Å². The highest BCUT2D eigenvalue weighted by Crippen LogP contribution is 2.26. The normalized spacial score (nSPS) is 11.2. The fourth-order valence-electron chi connectivity index (χ4n) is 2.65. The molecule has 0 unspecified atom stereocenters. The zero-order chi connectivity index (χ0) is 19.4. The Morgan fingerprint density at radius 3 is 2.56 bits per heavy atom. The van der Waals surface area contributed by atoms with Gasteiger partial charge < -0.3 is 4.74 Å². The largest absolute Gasteiger partial charge is 0.497 e. The van der Waals surface area contributed by atoms with Crippen molar-refractivity contribution in [1.82, 2.24) is 14.5 Å². The van der Waals surface area contributed by atoms with Gasteiger partial charge in [0.2, 0.25) is 10.0 Å². The number of nitrogens with one attached hydrogen (secondary N) is 1. The molecule has 0 aliphatic carbocycles. The van der Waals surface area contributed by atoms with Gasteiger partial charge in [0.15, 0.2) is 0 Å². The summed E-state index contributed by atoms with van der Waals surface area (Å²) >= 11 is 0. The van der Waals surface area contributed by atoms with Crippen molar-refractivity contribution in [3.05, 3.63) is 71.9 Å². The van der Waals surface area contributed by atoms with Crippen LogP contribution in [0.1, 0.15) is 15.9 Å². The summed E-state index contributed by atoms with van der Waals surface area (Å²) in [5.74, 6) is -0.116. The van der Waals surface area contributed by atoms with Gasteiger partial charge >= 0.3 is 0 Å². The fraction of sp³-hybridized carbons (Fsp3) is 0.158. The summed E-state index contributed by atoms with van der Waals surface area (Å²) in [6.45, 7) is 0.448. The molecule has 3 rings (SSSR count). The third-order valence-corrected chi connectivity index (χ3v) is 4.37. The quantitative estimate of drug-likeness (QED) is 0.703. The lowest BCUT2D eigenvalue weighted by atomic mass is 10.1. The Labute approximate surface area is 157 Å². The summed E-state index contributed by atoms with van der Waals surface area (Å²) in [5.41, 5.74) is 2.21. The third-order valence-electron chi connectivity index (χ3n) is 3.81. The van der Waals surface area contributed by atoms with Crippen LogP contribution in [0.4, 0.5) is 0 Å². The summed E-state index contributed by atoms with van der Waals surface area (Å²) < 4.78 is 31.8. The number of sulfonamides is 1. The Kier molecular flexibility index (Phi) is 5.27. The van der Waals surface area contributed by atoms with Gasteiger partial charge in [-0.15, -0.1) is 0 Å². The molecular formula is C19H19N3O4S. The maximum Gasteiger partial charge on any atom is 0.268 e. The van der Waals surface area contributed by atoms with E-state index in [1.54, 1.807) is 42.3 Å². The average molecular weight is 385 g/mol. The van der Waals surface area contributed by atoms with Crippen molar-refractivity contribution in [1.29, 1.82) is 0 Å². The first-order chi connectivity index (χ1) is 12.9. The standard InChI is InChI=1S/C19H19N3O4S/c1-26-16-10-6-9-15(11-16)18-17(19(23)21-27(2,24)25)13-22(20-18)12-14-7-4-3-5-8-14/h3-11,13H,12H2,1-2H3,(H,21,23). The van der Waals surface area contributed by atoms with Crippen molar-refractivity contribution in [3.63, 3.8) is 0 Å². The molecule has 1 heterocycles. The zero-order valence-corrected chi connectivity index (χ0v) is 15.7. The Balaban J connectivity index is 2.04. The lowest BCUT2D eigenvalue weighted by molar-refractivity contribution is 0.0982. The highest BCUT2D eigenvalue weighted by Gasteiger charge is 2.21. The maximum absolute atomic E-state index is 12.5. The van der Waals surface area contributed by atoms with Crippen molar-refractivity contribution in [3.8, 4) is 17.0 Å². The summed E-state index contributed by atoms with van der Waals surface area (Å²) in [6.07, 6.45) is 2.48. The Morgan fingerprint density at radius 1 is 1.15 bits per heavy atom. The Morgan fingerprint density at radius 2 is 1.89 bits per heavy atom. The SMILES string of the molecule is COc1cccc(-c2nn(Cc3ccccc3)cc2C(=O)NS(C)(=O)=O)c1. The molecular weight excluding hydrogens is 366 g/mol. The minimum atomic E-state index is -3.69. The molecule has 0 atom stereocenters. The number of rotatable bonds is 6. The van der Waals surface area contributed by atoms with Crippen LogP contribution in [0.3, 0.4) is 0 Å². The van der Waals surface area contributed by atoms with Gasteiger partial charge in [0.1, 0.15) is 11.4 Å². The van der Waals surface area contributed by atoms with E-state index in [4.69, 9.17) is 4.74 Å². The van der Waals surface area contributed by atoms with E-state index in [1.807, 2.05) is 35.1 Å². The van der Waals surface area contributed by atoms with Gasteiger partial charge in [0.05, 0.1) is 25.5 Å². The van der Waals surface area contributed by atoms with Crippen LogP contribution in [0.5, 0.6) is 5.75 Å². The molecule has 0 aliphatic heterocycles. The summed E-state index contributed by atoms with van der Waals surface area (Å²) in [7, 11) is -2.15. The highest BCUT2D eigenvalue weighted by atomic mass is 32.2. The number of carbonyl (C=O) groups is 1. The number of ether oxygens (including phenoxy) is 1. The number of methoxy groups -OCH3 is 1. The van der Waals surface area contributed by atoms with Gasteiger partial charge in [-0.25, -0.2) is 13.1 Å². The van der Waals surface area contributed by atoms with E-state index in [0.29, 0.717) is 23.6 Å². The summed E-state index contributed by atoms with van der Waals surface area (Å²) in [5, 5.41) is 4.51. The molecule has 1 aromatic heterocycles. The second-order valence-electron chi connectivity index (χ2n) is 6.01. The molecule has 0 spiro atoms. The van der Waals surface area contributed by atoms with Crippen LogP contribution >= 0.6 is 0 Å². The van der Waals surface area contributed by atoms with Crippen molar-refractivity contribution >= 4 is 15.9 Å². The lowest BCUT2D eigenvalue weighted by Gasteiger charge is -2.05. The number of hydrogen-bond donors (Lipinski definition) is 1. The summed E-state index contributed by atoms with van der Waals surface area (Å²) in [4.78, 5) is 12.5. The molecule has 2 aromatic carbocycles. The smallest absolute Gasteiger partial charge is 0.268 e. The van der Waals surface area contributed by atoms with Crippen molar-refractivity contribution in [2.24, 2.45) is 0 Å². The highest BCUT2D eigenvalue weighted by molar-refractivity contribution is 7.89. The maximum atomic E-state index is 12.5. The second kappa shape index (κ2) is 7.63. The third kappa shape index (κ3) is 4.73. The topological polar surface area (TPSA) is 90.3 Å². The monoisotopic (exact) mass is 385 g/mol. The van der Waals surface area contributed by atoms with E-state index >= 15 is 0 Å². The van der Waals surface area contributed by atoms with Crippen molar-refractivity contribution in [2.45, 2.75) is 6.54 Å². The Hall–Kier alpha value is -3.13. The number of nitrogens with zero attached hydrogens (tertiary/aromatic N) is 2. The predicted molar refractivity (Wildman–Crippen MR) is 102 cm³/mol. The molecule has 1 amide bonds. The van der Waals surface area contributed by atoms with E-state index in [0.717, 1.165) is 11.8 Å². The van der Waals surface area contributed by atoms with Crippen LogP contribution in [0.2, 0.25) is 0 Å². The van der Waals surface area contributed by atoms with Crippen LogP contribution in [0.15, 0.2) is 60.8 Å². The molecule has 7 nitrogen and oxygen atoms in total. The van der Waals surface area contributed by atoms with Gasteiger partial charge in [-0.2, -0.15) is 5.10 Å². The number of amides is 1. The fourth-order valence-corrected chi connectivity index (χ4v) is 3.09. The first-order valence-corrected chi connectivity index (χ1v) is 10.0. The van der Waals surface area contributed by atoms with Gasteiger partial charge in [-0.1, -0.05) is 42.5 Å². The molecule has 0 radical (unpaired) electrons. The first kappa shape index (κ1) is 18.7. The van der Waals surface area contributed by atoms with Crippen LogP contribution in [-0.4, -0.2) is 37.5 Å². The number of hydrogen-bond acceptors (Lipinski definition) is 5. The number of carbonyl (C=O) groups excluding carboxylic acids is 1. The molecule has 140 valence electrons. The van der Waals surface area contributed by atoms with E-state index in [2.05, 4.69) is 5.10 Å². The van der Waals surface area contributed by atoms with E-state index < -0.39 is 15.9 Å². The minimum Gasteiger partial charge on any atom is -0.497 e. The molecule has 0 bridgehead atoms. The number of benzene rings is 2. The first-order valence-electron chi connectivity index (χ1n) is 8.13. The molecule has 3 aromatic rings.